The van der Waals surface area contributed by atoms with Gasteiger partial charge in [-0.15, -0.1) is 12.4 Å². The summed E-state index contributed by atoms with van der Waals surface area (Å²) in [4.78, 5) is 0. The Labute approximate surface area is 91.7 Å². The van der Waals surface area contributed by atoms with Crippen LogP contribution in [0.3, 0.4) is 0 Å². The number of rotatable bonds is 5. The fourth-order valence-corrected chi connectivity index (χ4v) is 1.24. The molecule has 0 aliphatic rings. The van der Waals surface area contributed by atoms with Gasteiger partial charge in [0.1, 0.15) is 0 Å². The second-order valence-electron chi connectivity index (χ2n) is 2.71. The summed E-state index contributed by atoms with van der Waals surface area (Å²) in [6.07, 6.45) is 1.11. The highest BCUT2D eigenvalue weighted by Gasteiger charge is 1.89. The predicted molar refractivity (Wildman–Crippen MR) is 64.1 cm³/mol. The van der Waals surface area contributed by atoms with E-state index in [9.17, 15) is 0 Å². The topological polar surface area (TPSA) is 12.0 Å². The average molecular weight is 218 g/mol. The monoisotopic (exact) mass is 217 g/mol. The summed E-state index contributed by atoms with van der Waals surface area (Å²) in [5, 5.41) is 3.31. The molecule has 0 saturated carbocycles. The lowest BCUT2D eigenvalue weighted by molar-refractivity contribution is 0.722. The van der Waals surface area contributed by atoms with Crippen LogP contribution in [0.4, 0.5) is 0 Å². The highest BCUT2D eigenvalue weighted by atomic mass is 35.5. The maximum Gasteiger partial charge on any atom is 0.00398 e. The van der Waals surface area contributed by atoms with E-state index in [1.54, 1.807) is 0 Å². The van der Waals surface area contributed by atoms with Gasteiger partial charge >= 0.3 is 0 Å². The van der Waals surface area contributed by atoms with Crippen molar-refractivity contribution >= 4 is 25.0 Å². The first-order valence-electron chi connectivity index (χ1n) is 4.29. The molecule has 0 amide bonds. The molecule has 0 radical (unpaired) electrons. The number of benzene rings is 1. The number of nitrogens with one attached hydrogen (secondary N) is 1. The van der Waals surface area contributed by atoms with Crippen LogP contribution in [0.5, 0.6) is 0 Å². The number of hydrogen-bond donors (Lipinski definition) is 2. The summed E-state index contributed by atoms with van der Waals surface area (Å²) in [5.41, 5.74) is 1.39. The van der Waals surface area contributed by atoms with Gasteiger partial charge in [0.25, 0.3) is 0 Å². The lowest BCUT2D eigenvalue weighted by atomic mass is 10.1. The van der Waals surface area contributed by atoms with Gasteiger partial charge in [-0.05, 0) is 18.5 Å². The van der Waals surface area contributed by atoms with Gasteiger partial charge in [0.2, 0.25) is 0 Å². The van der Waals surface area contributed by atoms with Crippen molar-refractivity contribution in [2.75, 3.05) is 18.8 Å². The third-order valence-corrected chi connectivity index (χ3v) is 1.95. The Kier molecular flexibility index (Phi) is 8.30. The third kappa shape index (κ3) is 5.97. The molecule has 0 bridgehead atoms. The van der Waals surface area contributed by atoms with E-state index in [2.05, 4.69) is 42.2 Å². The SMILES string of the molecule is Cl.SCCNCCc1ccccc1. The minimum Gasteiger partial charge on any atom is -0.316 e. The Balaban J connectivity index is 0.00000144. The lowest BCUT2D eigenvalue weighted by Crippen LogP contribution is -2.19. The predicted octanol–water partition coefficient (Wildman–Crippen LogP) is 2.17. The molecule has 1 aromatic rings. The van der Waals surface area contributed by atoms with E-state index in [4.69, 9.17) is 0 Å². The Morgan fingerprint density at radius 2 is 1.77 bits per heavy atom. The number of halogens is 1. The van der Waals surface area contributed by atoms with Crippen molar-refractivity contribution < 1.29 is 0 Å². The molecule has 3 heteroatoms. The Bertz CT molecular complexity index is 203. The summed E-state index contributed by atoms with van der Waals surface area (Å²) in [6.45, 7) is 2.04. The van der Waals surface area contributed by atoms with Crippen LogP contribution in [0.1, 0.15) is 5.56 Å². The fourth-order valence-electron chi connectivity index (χ4n) is 1.08. The van der Waals surface area contributed by atoms with Crippen molar-refractivity contribution in [1.29, 1.82) is 0 Å². The van der Waals surface area contributed by atoms with Gasteiger partial charge in [-0.1, -0.05) is 30.3 Å². The Morgan fingerprint density at radius 3 is 2.38 bits per heavy atom. The summed E-state index contributed by atoms with van der Waals surface area (Å²) < 4.78 is 0. The molecular formula is C10H16ClNS. The van der Waals surface area contributed by atoms with E-state index in [1.807, 2.05) is 6.07 Å². The molecule has 74 valence electrons. The smallest absolute Gasteiger partial charge is 0.00398 e. The van der Waals surface area contributed by atoms with Crippen molar-refractivity contribution in [2.45, 2.75) is 6.42 Å². The van der Waals surface area contributed by atoms with E-state index in [-0.39, 0.29) is 12.4 Å². The molecule has 0 fully saturated rings. The van der Waals surface area contributed by atoms with Crippen LogP contribution in [0.15, 0.2) is 30.3 Å². The largest absolute Gasteiger partial charge is 0.316 e. The molecule has 0 aliphatic heterocycles. The van der Waals surface area contributed by atoms with E-state index in [0.717, 1.165) is 25.3 Å². The Hall–Kier alpha value is -0.180. The first-order valence-corrected chi connectivity index (χ1v) is 4.92. The highest BCUT2D eigenvalue weighted by molar-refractivity contribution is 7.80. The maximum atomic E-state index is 4.12. The molecule has 0 saturated heterocycles. The normalized spacial score (nSPS) is 9.31. The molecule has 1 aromatic carbocycles. The molecule has 0 aliphatic carbocycles. The van der Waals surface area contributed by atoms with E-state index < -0.39 is 0 Å². The van der Waals surface area contributed by atoms with Crippen LogP contribution >= 0.6 is 25.0 Å². The average Bonchev–Trinajstić information content (AvgIpc) is 2.14. The lowest BCUT2D eigenvalue weighted by Gasteiger charge is -2.01. The van der Waals surface area contributed by atoms with Crippen LogP contribution in [0.25, 0.3) is 0 Å². The zero-order valence-electron chi connectivity index (χ0n) is 7.57. The van der Waals surface area contributed by atoms with Crippen LogP contribution in [-0.4, -0.2) is 18.8 Å². The Morgan fingerprint density at radius 1 is 1.08 bits per heavy atom. The molecule has 0 unspecified atom stereocenters. The minimum atomic E-state index is 0. The van der Waals surface area contributed by atoms with Gasteiger partial charge in [0.15, 0.2) is 0 Å². The summed E-state index contributed by atoms with van der Waals surface area (Å²) in [5.74, 6) is 0.911. The second-order valence-corrected chi connectivity index (χ2v) is 3.16. The van der Waals surface area contributed by atoms with Crippen LogP contribution in [0.2, 0.25) is 0 Å². The zero-order chi connectivity index (χ0) is 8.65. The molecule has 13 heavy (non-hydrogen) atoms. The van der Waals surface area contributed by atoms with Crippen molar-refractivity contribution in [2.24, 2.45) is 0 Å². The van der Waals surface area contributed by atoms with Crippen LogP contribution in [0, 0.1) is 0 Å². The van der Waals surface area contributed by atoms with E-state index in [0.29, 0.717) is 0 Å². The van der Waals surface area contributed by atoms with Crippen molar-refractivity contribution in [1.82, 2.24) is 5.32 Å². The standard InChI is InChI=1S/C10H15NS.ClH/c12-9-8-11-7-6-10-4-2-1-3-5-10;/h1-5,11-12H,6-9H2;1H. The molecule has 1 nitrogen and oxygen atoms in total. The number of thiol groups is 1. The molecule has 0 spiro atoms. The summed E-state index contributed by atoms with van der Waals surface area (Å²) in [6, 6.07) is 10.5. The van der Waals surface area contributed by atoms with Gasteiger partial charge in [0.05, 0.1) is 0 Å². The zero-order valence-corrected chi connectivity index (χ0v) is 9.28. The third-order valence-electron chi connectivity index (χ3n) is 1.72. The van der Waals surface area contributed by atoms with Crippen molar-refractivity contribution in [3.05, 3.63) is 35.9 Å². The van der Waals surface area contributed by atoms with Crippen molar-refractivity contribution in [3.63, 3.8) is 0 Å². The first-order chi connectivity index (χ1) is 5.93. The van der Waals surface area contributed by atoms with Gasteiger partial charge in [-0.3, -0.25) is 0 Å². The van der Waals surface area contributed by atoms with Crippen molar-refractivity contribution in [3.8, 4) is 0 Å². The van der Waals surface area contributed by atoms with Gasteiger partial charge in [-0.25, -0.2) is 0 Å². The summed E-state index contributed by atoms with van der Waals surface area (Å²) >= 11 is 4.12. The molecular weight excluding hydrogens is 202 g/mol. The summed E-state index contributed by atoms with van der Waals surface area (Å²) in [7, 11) is 0. The minimum absolute atomic E-state index is 0. The fraction of sp³-hybridized carbons (Fsp3) is 0.400. The van der Waals surface area contributed by atoms with Gasteiger partial charge < -0.3 is 5.32 Å². The molecule has 1 N–H and O–H groups in total. The first kappa shape index (κ1) is 12.8. The molecule has 1 rings (SSSR count). The van der Waals surface area contributed by atoms with E-state index in [1.165, 1.54) is 5.56 Å². The maximum absolute atomic E-state index is 4.12. The van der Waals surface area contributed by atoms with Crippen LogP contribution < -0.4 is 5.32 Å². The molecule has 0 aromatic heterocycles. The van der Waals surface area contributed by atoms with Crippen LogP contribution in [-0.2, 0) is 6.42 Å². The number of hydrogen-bond acceptors (Lipinski definition) is 2. The second kappa shape index (κ2) is 8.42. The highest BCUT2D eigenvalue weighted by Crippen LogP contribution is 1.97. The molecule has 0 heterocycles. The van der Waals surface area contributed by atoms with Gasteiger partial charge in [0, 0.05) is 12.3 Å². The quantitative estimate of drug-likeness (QED) is 0.569. The molecule has 0 atom stereocenters. The van der Waals surface area contributed by atoms with E-state index >= 15 is 0 Å². The van der Waals surface area contributed by atoms with Gasteiger partial charge in [-0.2, -0.15) is 12.6 Å².